The van der Waals surface area contributed by atoms with Gasteiger partial charge in [-0.15, -0.1) is 0 Å². The van der Waals surface area contributed by atoms with E-state index in [1.54, 1.807) is 0 Å². The Hall–Kier alpha value is -0.0700. The van der Waals surface area contributed by atoms with Gasteiger partial charge in [-0.3, -0.25) is 0 Å². The number of hydrogen-bond acceptors (Lipinski definition) is 0. The minimum Gasteiger partial charge on any atom is -0.247 e. The van der Waals surface area contributed by atoms with Gasteiger partial charge in [0, 0.05) is 5.92 Å². The van der Waals surface area contributed by atoms with Crippen LogP contribution >= 0.6 is 0 Å². The lowest BCUT2D eigenvalue weighted by atomic mass is 10.1. The molecule has 0 saturated carbocycles. The fraction of sp³-hybridized carbons (Fsp3) is 0.833. The predicted molar refractivity (Wildman–Crippen MR) is 29.8 cm³/mol. The maximum absolute atomic E-state index is 12.2. The lowest BCUT2D eigenvalue weighted by Gasteiger charge is -2.05. The minimum absolute atomic E-state index is 0.613. The summed E-state index contributed by atoms with van der Waals surface area (Å²) in [6, 6.07) is 0. The first-order chi connectivity index (χ1) is 3.18. The molecule has 7 heavy (non-hydrogen) atoms. The zero-order valence-electron chi connectivity index (χ0n) is 5.16. The van der Waals surface area contributed by atoms with Crippen molar-refractivity contribution in [1.82, 2.24) is 0 Å². The van der Waals surface area contributed by atoms with Gasteiger partial charge in [0.05, 0.1) is 0 Å². The van der Waals surface area contributed by atoms with E-state index in [1.165, 1.54) is 0 Å². The Morgan fingerprint density at radius 3 is 2.00 bits per heavy atom. The number of alkyl halides is 1. The van der Waals surface area contributed by atoms with Crippen molar-refractivity contribution in [2.24, 2.45) is 0 Å². The largest absolute Gasteiger partial charge is 0.247 e. The second kappa shape index (κ2) is 3.00. The summed E-state index contributed by atoms with van der Waals surface area (Å²) >= 11 is 0. The third-order valence-corrected chi connectivity index (χ3v) is 0.985. The highest BCUT2D eigenvalue weighted by Gasteiger charge is 2.06. The Kier molecular flexibility index (Phi) is 2.97. The van der Waals surface area contributed by atoms with Gasteiger partial charge in [0.2, 0.25) is 0 Å². The van der Waals surface area contributed by atoms with E-state index in [0.717, 1.165) is 5.92 Å². The van der Waals surface area contributed by atoms with E-state index in [2.05, 4.69) is 0 Å². The molecule has 0 bridgehead atoms. The fourth-order valence-corrected chi connectivity index (χ4v) is 0.408. The Bertz CT molecular complexity index is 41.4. The molecule has 0 fully saturated rings. The molecular formula is C6H12F. The highest BCUT2D eigenvalue weighted by atomic mass is 19.1. The minimum atomic E-state index is -0.681. The standard InChI is InChI=1S/C6H12F/c1-4-6(7)5(2)3/h6H,4H2,1-3H3. The molecule has 0 rings (SSSR count). The molecule has 0 N–H and O–H groups in total. The van der Waals surface area contributed by atoms with Crippen LogP contribution in [0.25, 0.3) is 0 Å². The maximum atomic E-state index is 12.2. The summed E-state index contributed by atoms with van der Waals surface area (Å²) in [6.07, 6.45) is -0.0671. The summed E-state index contributed by atoms with van der Waals surface area (Å²) in [6.45, 7) is 5.47. The number of rotatable bonds is 2. The third-order valence-electron chi connectivity index (χ3n) is 0.985. The van der Waals surface area contributed by atoms with E-state index in [4.69, 9.17) is 0 Å². The first-order valence-corrected chi connectivity index (χ1v) is 2.62. The van der Waals surface area contributed by atoms with Crippen molar-refractivity contribution in [2.75, 3.05) is 0 Å². The molecule has 0 aromatic heterocycles. The molecule has 1 heteroatoms. The SMILES string of the molecule is CCC(F)[C](C)C. The molecule has 0 heterocycles. The molecule has 1 unspecified atom stereocenters. The van der Waals surface area contributed by atoms with Crippen LogP contribution in [0.4, 0.5) is 4.39 Å². The lowest BCUT2D eigenvalue weighted by molar-refractivity contribution is 0.339. The molecule has 0 aliphatic heterocycles. The van der Waals surface area contributed by atoms with Gasteiger partial charge in [-0.05, 0) is 6.42 Å². The molecule has 0 nitrogen and oxygen atoms in total. The van der Waals surface area contributed by atoms with Crippen LogP contribution in [0.3, 0.4) is 0 Å². The highest BCUT2D eigenvalue weighted by Crippen LogP contribution is 2.10. The van der Waals surface area contributed by atoms with Crippen LogP contribution in [-0.2, 0) is 0 Å². The second-order valence-electron chi connectivity index (χ2n) is 1.95. The van der Waals surface area contributed by atoms with Crippen LogP contribution < -0.4 is 0 Å². The van der Waals surface area contributed by atoms with Crippen LogP contribution in [0.15, 0.2) is 0 Å². The molecule has 0 spiro atoms. The zero-order valence-corrected chi connectivity index (χ0v) is 5.16. The van der Waals surface area contributed by atoms with E-state index in [1.807, 2.05) is 20.8 Å². The van der Waals surface area contributed by atoms with Crippen LogP contribution in [-0.4, -0.2) is 6.17 Å². The smallest absolute Gasteiger partial charge is 0.106 e. The van der Waals surface area contributed by atoms with Crippen LogP contribution in [0, 0.1) is 5.92 Å². The molecule has 0 aromatic carbocycles. The van der Waals surface area contributed by atoms with Gasteiger partial charge in [-0.25, -0.2) is 4.39 Å². The number of hydrogen-bond donors (Lipinski definition) is 0. The Labute approximate surface area is 44.7 Å². The summed E-state index contributed by atoms with van der Waals surface area (Å²) < 4.78 is 12.2. The average molecular weight is 103 g/mol. The molecule has 1 atom stereocenters. The van der Waals surface area contributed by atoms with Crippen molar-refractivity contribution in [3.8, 4) is 0 Å². The zero-order chi connectivity index (χ0) is 5.86. The molecule has 1 radical (unpaired) electrons. The van der Waals surface area contributed by atoms with Crippen molar-refractivity contribution < 1.29 is 4.39 Å². The molecular weight excluding hydrogens is 91.1 g/mol. The number of halogens is 1. The van der Waals surface area contributed by atoms with Crippen molar-refractivity contribution in [3.05, 3.63) is 5.92 Å². The molecule has 43 valence electrons. The average Bonchev–Trinajstić information content (AvgIpc) is 1.65. The summed E-state index contributed by atoms with van der Waals surface area (Å²) in [5, 5.41) is 0. The highest BCUT2D eigenvalue weighted by molar-refractivity contribution is 4.85. The van der Waals surface area contributed by atoms with Crippen LogP contribution in [0.1, 0.15) is 27.2 Å². The van der Waals surface area contributed by atoms with Gasteiger partial charge in [-0.1, -0.05) is 20.8 Å². The van der Waals surface area contributed by atoms with Gasteiger partial charge in [0.25, 0.3) is 0 Å². The van der Waals surface area contributed by atoms with Crippen molar-refractivity contribution in [1.29, 1.82) is 0 Å². The first-order valence-electron chi connectivity index (χ1n) is 2.62. The Morgan fingerprint density at radius 2 is 2.00 bits per heavy atom. The summed E-state index contributed by atoms with van der Waals surface area (Å²) in [7, 11) is 0. The molecule has 0 amide bonds. The van der Waals surface area contributed by atoms with Gasteiger partial charge in [-0.2, -0.15) is 0 Å². The van der Waals surface area contributed by atoms with Crippen molar-refractivity contribution >= 4 is 0 Å². The van der Waals surface area contributed by atoms with Crippen LogP contribution in [0.2, 0.25) is 0 Å². The quantitative estimate of drug-likeness (QED) is 0.503. The van der Waals surface area contributed by atoms with E-state index in [9.17, 15) is 4.39 Å². The maximum Gasteiger partial charge on any atom is 0.106 e. The Morgan fingerprint density at radius 1 is 1.57 bits per heavy atom. The van der Waals surface area contributed by atoms with Crippen molar-refractivity contribution in [2.45, 2.75) is 33.4 Å². The topological polar surface area (TPSA) is 0 Å². The third kappa shape index (κ3) is 2.60. The van der Waals surface area contributed by atoms with Gasteiger partial charge in [0.15, 0.2) is 0 Å². The van der Waals surface area contributed by atoms with Gasteiger partial charge in [0.1, 0.15) is 6.17 Å². The summed E-state index contributed by atoms with van der Waals surface area (Å²) in [5.74, 6) is 0.877. The van der Waals surface area contributed by atoms with Gasteiger partial charge >= 0.3 is 0 Å². The summed E-state index contributed by atoms with van der Waals surface area (Å²) in [4.78, 5) is 0. The molecule has 0 aromatic rings. The Balaban J connectivity index is 3.14. The summed E-state index contributed by atoms with van der Waals surface area (Å²) in [5.41, 5.74) is 0. The molecule has 0 saturated heterocycles. The van der Waals surface area contributed by atoms with E-state index in [-0.39, 0.29) is 0 Å². The van der Waals surface area contributed by atoms with Crippen LogP contribution in [0.5, 0.6) is 0 Å². The molecule has 0 aliphatic carbocycles. The predicted octanol–water partition coefficient (Wildman–Crippen LogP) is 2.35. The van der Waals surface area contributed by atoms with Crippen molar-refractivity contribution in [3.63, 3.8) is 0 Å². The second-order valence-corrected chi connectivity index (χ2v) is 1.95. The van der Waals surface area contributed by atoms with E-state index < -0.39 is 6.17 Å². The monoisotopic (exact) mass is 103 g/mol. The van der Waals surface area contributed by atoms with E-state index >= 15 is 0 Å². The normalized spacial score (nSPS) is 15.0. The molecule has 0 aliphatic rings. The first kappa shape index (κ1) is 6.93. The van der Waals surface area contributed by atoms with Gasteiger partial charge < -0.3 is 0 Å². The lowest BCUT2D eigenvalue weighted by Crippen LogP contribution is -2.03. The fourth-order valence-electron chi connectivity index (χ4n) is 0.408. The van der Waals surface area contributed by atoms with E-state index in [0.29, 0.717) is 6.42 Å².